The summed E-state index contributed by atoms with van der Waals surface area (Å²) in [5.41, 5.74) is 3.85. The second kappa shape index (κ2) is 9.99. The number of esters is 1. The molecule has 0 spiro atoms. The lowest BCUT2D eigenvalue weighted by molar-refractivity contribution is -0.113. The fraction of sp³-hybridized carbons (Fsp3) is 0.478. The first-order valence-electron chi connectivity index (χ1n) is 11.0. The van der Waals surface area contributed by atoms with Crippen LogP contribution in [0, 0.1) is 19.8 Å². The Hall–Kier alpha value is -2.17. The smallest absolute Gasteiger partial charge is 0.341 e. The minimum Gasteiger partial charge on any atom is -0.465 e. The number of carbonyl (C=O) groups is 2. The number of rotatable bonds is 7. The van der Waals surface area contributed by atoms with Crippen molar-refractivity contribution in [2.24, 2.45) is 5.92 Å². The molecule has 10 heteroatoms. The predicted molar refractivity (Wildman–Crippen MR) is 135 cm³/mol. The summed E-state index contributed by atoms with van der Waals surface area (Å²) >= 11 is 4.55. The van der Waals surface area contributed by atoms with Gasteiger partial charge in [-0.3, -0.25) is 4.79 Å². The van der Waals surface area contributed by atoms with E-state index in [1.165, 1.54) is 45.5 Å². The molecule has 3 heterocycles. The van der Waals surface area contributed by atoms with Crippen LogP contribution in [0.25, 0.3) is 11.4 Å². The topological polar surface area (TPSA) is 86.1 Å². The SMILES string of the molecule is CCn1c(SCC(=O)Nc2sc3c(c2C(=O)OC)CCC(C)C3)nnc1-c1csc(C)c1C. The maximum Gasteiger partial charge on any atom is 0.341 e. The predicted octanol–water partition coefficient (Wildman–Crippen LogP) is 5.35. The Morgan fingerprint density at radius 2 is 2.12 bits per heavy atom. The molecule has 1 atom stereocenters. The molecule has 0 saturated heterocycles. The van der Waals surface area contributed by atoms with Crippen molar-refractivity contribution in [3.05, 3.63) is 31.8 Å². The lowest BCUT2D eigenvalue weighted by Gasteiger charge is -2.18. The zero-order valence-electron chi connectivity index (χ0n) is 19.5. The monoisotopic (exact) mass is 504 g/mol. The maximum atomic E-state index is 12.8. The Labute approximate surface area is 206 Å². The van der Waals surface area contributed by atoms with E-state index < -0.39 is 0 Å². The van der Waals surface area contributed by atoms with E-state index in [9.17, 15) is 9.59 Å². The van der Waals surface area contributed by atoms with Gasteiger partial charge in [0, 0.05) is 27.2 Å². The largest absolute Gasteiger partial charge is 0.465 e. The molecule has 4 rings (SSSR count). The molecule has 1 N–H and O–H groups in total. The zero-order chi connectivity index (χ0) is 23.7. The van der Waals surface area contributed by atoms with Gasteiger partial charge in [0.15, 0.2) is 11.0 Å². The van der Waals surface area contributed by atoms with Crippen molar-refractivity contribution in [1.29, 1.82) is 0 Å². The number of aromatic nitrogens is 3. The van der Waals surface area contributed by atoms with E-state index in [1.54, 1.807) is 11.3 Å². The molecular formula is C23H28N4O3S3. The van der Waals surface area contributed by atoms with Crippen LogP contribution in [0.3, 0.4) is 0 Å². The van der Waals surface area contributed by atoms with Gasteiger partial charge in [-0.1, -0.05) is 18.7 Å². The Bertz CT molecular complexity index is 1190. The summed E-state index contributed by atoms with van der Waals surface area (Å²) in [5, 5.41) is 15.1. The van der Waals surface area contributed by atoms with E-state index in [4.69, 9.17) is 4.74 Å². The average molecular weight is 505 g/mol. The second-order valence-electron chi connectivity index (χ2n) is 8.27. The van der Waals surface area contributed by atoms with E-state index in [0.717, 1.165) is 36.2 Å². The van der Waals surface area contributed by atoms with E-state index >= 15 is 0 Å². The van der Waals surface area contributed by atoms with Crippen molar-refractivity contribution in [2.75, 3.05) is 18.2 Å². The van der Waals surface area contributed by atoms with Gasteiger partial charge in [-0.05, 0) is 57.1 Å². The first-order valence-corrected chi connectivity index (χ1v) is 13.7. The van der Waals surface area contributed by atoms with Gasteiger partial charge in [0.2, 0.25) is 5.91 Å². The summed E-state index contributed by atoms with van der Waals surface area (Å²) in [7, 11) is 1.38. The summed E-state index contributed by atoms with van der Waals surface area (Å²) in [6, 6.07) is 0. The molecule has 176 valence electrons. The number of nitrogens with one attached hydrogen (secondary N) is 1. The average Bonchev–Trinajstić information content (AvgIpc) is 3.46. The first kappa shape index (κ1) is 24.0. The minimum absolute atomic E-state index is 0.174. The standard InChI is InChI=1S/C23H28N4O3S3/c1-6-27-20(16-10-31-14(4)13(16)3)25-26-23(27)32-11-18(28)24-21-19(22(29)30-5)15-8-7-12(2)9-17(15)33-21/h10,12H,6-9,11H2,1-5H3,(H,24,28). The van der Waals surface area contributed by atoms with Gasteiger partial charge in [0.25, 0.3) is 0 Å². The van der Waals surface area contributed by atoms with Crippen molar-refractivity contribution in [1.82, 2.24) is 14.8 Å². The molecule has 7 nitrogen and oxygen atoms in total. The molecule has 0 bridgehead atoms. The molecular weight excluding hydrogens is 476 g/mol. The molecule has 0 radical (unpaired) electrons. The number of aryl methyl sites for hydroxylation is 1. The van der Waals surface area contributed by atoms with Crippen molar-refractivity contribution >= 4 is 51.3 Å². The Morgan fingerprint density at radius 3 is 2.79 bits per heavy atom. The number of ether oxygens (including phenoxy) is 1. The number of carbonyl (C=O) groups excluding carboxylic acids is 2. The molecule has 0 saturated carbocycles. The molecule has 3 aromatic rings. The number of methoxy groups -OCH3 is 1. The fourth-order valence-corrected chi connectivity index (χ4v) is 7.14. The Morgan fingerprint density at radius 1 is 1.33 bits per heavy atom. The highest BCUT2D eigenvalue weighted by atomic mass is 32.2. The lowest BCUT2D eigenvalue weighted by atomic mass is 9.88. The molecule has 0 fully saturated rings. The first-order chi connectivity index (χ1) is 15.8. The summed E-state index contributed by atoms with van der Waals surface area (Å²) in [4.78, 5) is 27.7. The maximum absolute atomic E-state index is 12.8. The molecule has 1 unspecified atom stereocenters. The highest BCUT2D eigenvalue weighted by molar-refractivity contribution is 7.99. The Balaban J connectivity index is 1.50. The normalized spacial score (nSPS) is 15.4. The van der Waals surface area contributed by atoms with Crippen LogP contribution in [0.1, 0.15) is 51.5 Å². The Kier molecular flexibility index (Phi) is 7.25. The van der Waals surface area contributed by atoms with Crippen LogP contribution in [-0.2, 0) is 28.9 Å². The van der Waals surface area contributed by atoms with Crippen molar-refractivity contribution in [3.63, 3.8) is 0 Å². The van der Waals surface area contributed by atoms with Crippen molar-refractivity contribution in [2.45, 2.75) is 58.7 Å². The number of nitrogens with zero attached hydrogens (tertiary/aromatic N) is 3. The molecule has 33 heavy (non-hydrogen) atoms. The number of anilines is 1. The van der Waals surface area contributed by atoms with Crippen molar-refractivity contribution < 1.29 is 14.3 Å². The van der Waals surface area contributed by atoms with Gasteiger partial charge < -0.3 is 14.6 Å². The van der Waals surface area contributed by atoms with E-state index in [1.807, 2.05) is 11.5 Å². The number of hydrogen-bond donors (Lipinski definition) is 1. The van der Waals surface area contributed by atoms with Gasteiger partial charge in [-0.15, -0.1) is 32.9 Å². The molecule has 0 aliphatic heterocycles. The van der Waals surface area contributed by atoms with E-state index in [2.05, 4.69) is 41.7 Å². The van der Waals surface area contributed by atoms with Gasteiger partial charge in [0.05, 0.1) is 18.4 Å². The lowest BCUT2D eigenvalue weighted by Crippen LogP contribution is -2.17. The van der Waals surface area contributed by atoms with E-state index in [0.29, 0.717) is 28.2 Å². The van der Waals surface area contributed by atoms with Gasteiger partial charge in [0.1, 0.15) is 5.00 Å². The third-order valence-electron chi connectivity index (χ3n) is 6.05. The van der Waals surface area contributed by atoms with Crippen LogP contribution in [0.15, 0.2) is 10.5 Å². The minimum atomic E-state index is -0.387. The molecule has 3 aromatic heterocycles. The van der Waals surface area contributed by atoms with Crippen molar-refractivity contribution in [3.8, 4) is 11.4 Å². The van der Waals surface area contributed by atoms with Gasteiger partial charge in [-0.25, -0.2) is 4.79 Å². The number of thiophene rings is 2. The van der Waals surface area contributed by atoms with Crippen LogP contribution < -0.4 is 5.32 Å². The van der Waals surface area contributed by atoms with Crippen LogP contribution in [0.5, 0.6) is 0 Å². The molecule has 1 amide bonds. The van der Waals surface area contributed by atoms with Crippen LogP contribution >= 0.6 is 34.4 Å². The zero-order valence-corrected chi connectivity index (χ0v) is 21.9. The summed E-state index contributed by atoms with van der Waals surface area (Å²) in [6.45, 7) is 9.17. The number of thioether (sulfide) groups is 1. The van der Waals surface area contributed by atoms with Crippen LogP contribution in [-0.4, -0.2) is 39.5 Å². The third-order valence-corrected chi connectivity index (χ3v) is 9.20. The van der Waals surface area contributed by atoms with Gasteiger partial charge in [-0.2, -0.15) is 0 Å². The molecule has 1 aliphatic carbocycles. The van der Waals surface area contributed by atoms with E-state index in [-0.39, 0.29) is 17.6 Å². The number of hydrogen-bond acceptors (Lipinski definition) is 8. The number of fused-ring (bicyclic) bond motifs is 1. The highest BCUT2D eigenvalue weighted by Crippen LogP contribution is 2.40. The third kappa shape index (κ3) is 4.74. The summed E-state index contributed by atoms with van der Waals surface area (Å²) in [6.07, 6.45) is 2.81. The highest BCUT2D eigenvalue weighted by Gasteiger charge is 2.29. The quantitative estimate of drug-likeness (QED) is 0.345. The molecule has 1 aliphatic rings. The fourth-order valence-electron chi connectivity index (χ4n) is 4.06. The van der Waals surface area contributed by atoms with Crippen LogP contribution in [0.2, 0.25) is 0 Å². The summed E-state index contributed by atoms with van der Waals surface area (Å²) < 4.78 is 7.06. The van der Waals surface area contributed by atoms with Gasteiger partial charge >= 0.3 is 5.97 Å². The number of amides is 1. The van der Waals surface area contributed by atoms with Crippen LogP contribution in [0.4, 0.5) is 5.00 Å². The summed E-state index contributed by atoms with van der Waals surface area (Å²) in [5.74, 6) is 1.02. The molecule has 0 aromatic carbocycles. The second-order valence-corrected chi connectivity index (χ2v) is 11.4.